The third-order valence-electron chi connectivity index (χ3n) is 1.14. The fourth-order valence-corrected chi connectivity index (χ4v) is 1.48. The molecular weight excluding hydrogens is 189 g/mol. The summed E-state index contributed by atoms with van der Waals surface area (Å²) in [5, 5.41) is 4.02. The molecule has 58 valence electrons. The molecule has 2 N–H and O–H groups in total. The molecule has 0 saturated carbocycles. The molecule has 0 radical (unpaired) electrons. The molecule has 1 rings (SSSR count). The fraction of sp³-hybridized carbons (Fsp3) is 0.333. The molecule has 1 nitrogen and oxygen atoms in total. The highest BCUT2D eigenvalue weighted by atomic mass is 35.5. The van der Waals surface area contributed by atoms with E-state index >= 15 is 0 Å². The molecular formula is C6H9Cl2NS. The summed E-state index contributed by atoms with van der Waals surface area (Å²) in [6.45, 7) is 0. The predicted octanol–water partition coefficient (Wildman–Crippen LogP) is 2.41. The predicted molar refractivity (Wildman–Crippen MR) is 49.2 cm³/mol. The molecule has 1 aromatic rings. The maximum Gasteiger partial charge on any atom is 0.0440 e. The van der Waals surface area contributed by atoms with Gasteiger partial charge in [-0.3, -0.25) is 0 Å². The number of halogens is 2. The third kappa shape index (κ3) is 2.46. The average Bonchev–Trinajstić information content (AvgIpc) is 2.37. The number of alkyl halides is 1. The molecule has 0 aromatic carbocycles. The molecule has 4 heteroatoms. The number of thiophene rings is 1. The van der Waals surface area contributed by atoms with Crippen molar-refractivity contribution in [3.8, 4) is 0 Å². The number of hydrogen-bond acceptors (Lipinski definition) is 2. The van der Waals surface area contributed by atoms with Gasteiger partial charge in [0.2, 0.25) is 0 Å². The van der Waals surface area contributed by atoms with Gasteiger partial charge in [0.25, 0.3) is 0 Å². The summed E-state index contributed by atoms with van der Waals surface area (Å²) in [5.41, 5.74) is 6.75. The lowest BCUT2D eigenvalue weighted by atomic mass is 10.2. The van der Waals surface area contributed by atoms with Gasteiger partial charge in [-0.2, -0.15) is 11.3 Å². The lowest BCUT2D eigenvalue weighted by molar-refractivity contribution is 0.831. The van der Waals surface area contributed by atoms with Crippen molar-refractivity contribution in [2.45, 2.75) is 6.04 Å². The molecule has 0 aliphatic heterocycles. The molecule has 0 fully saturated rings. The van der Waals surface area contributed by atoms with Crippen LogP contribution in [0.2, 0.25) is 0 Å². The van der Waals surface area contributed by atoms with Gasteiger partial charge >= 0.3 is 0 Å². The van der Waals surface area contributed by atoms with Gasteiger partial charge in [0.05, 0.1) is 0 Å². The highest BCUT2D eigenvalue weighted by Crippen LogP contribution is 2.14. The van der Waals surface area contributed by atoms with E-state index in [0.29, 0.717) is 5.88 Å². The highest BCUT2D eigenvalue weighted by Gasteiger charge is 2.01. The van der Waals surface area contributed by atoms with Crippen molar-refractivity contribution in [1.29, 1.82) is 0 Å². The Hall–Kier alpha value is 0.240. The molecule has 1 aromatic heterocycles. The number of nitrogens with two attached hydrogens (primary N) is 1. The summed E-state index contributed by atoms with van der Waals surface area (Å²) in [7, 11) is 0. The van der Waals surface area contributed by atoms with Crippen LogP contribution in [0.5, 0.6) is 0 Å². The Balaban J connectivity index is 0.000000810. The van der Waals surface area contributed by atoms with Gasteiger partial charge in [0.1, 0.15) is 0 Å². The minimum absolute atomic E-state index is 0. The Morgan fingerprint density at radius 2 is 2.40 bits per heavy atom. The summed E-state index contributed by atoms with van der Waals surface area (Å²) in [6, 6.07) is 2.01. The topological polar surface area (TPSA) is 26.0 Å². The van der Waals surface area contributed by atoms with Gasteiger partial charge in [-0.1, -0.05) is 0 Å². The second kappa shape index (κ2) is 4.97. The summed E-state index contributed by atoms with van der Waals surface area (Å²) < 4.78 is 0. The third-order valence-corrected chi connectivity index (χ3v) is 2.17. The average molecular weight is 198 g/mol. The molecule has 1 atom stereocenters. The van der Waals surface area contributed by atoms with E-state index in [0.717, 1.165) is 5.56 Å². The van der Waals surface area contributed by atoms with E-state index in [1.54, 1.807) is 11.3 Å². The minimum atomic E-state index is 0. The lowest BCUT2D eigenvalue weighted by Gasteiger charge is -2.01. The maximum atomic E-state index is 5.61. The van der Waals surface area contributed by atoms with E-state index in [9.17, 15) is 0 Å². The fourth-order valence-electron chi connectivity index (χ4n) is 0.575. The van der Waals surface area contributed by atoms with Crippen molar-refractivity contribution in [3.05, 3.63) is 22.4 Å². The Bertz CT molecular complexity index is 164. The van der Waals surface area contributed by atoms with Gasteiger partial charge < -0.3 is 5.73 Å². The van der Waals surface area contributed by atoms with Gasteiger partial charge in [0.15, 0.2) is 0 Å². The normalized spacial score (nSPS) is 12.2. The SMILES string of the molecule is Cl.NC(CCl)c1ccsc1. The Labute approximate surface area is 75.6 Å². The van der Waals surface area contributed by atoms with Crippen LogP contribution in [0.3, 0.4) is 0 Å². The van der Waals surface area contributed by atoms with Crippen LogP contribution in [-0.4, -0.2) is 5.88 Å². The zero-order chi connectivity index (χ0) is 6.69. The molecule has 1 unspecified atom stereocenters. The van der Waals surface area contributed by atoms with Crippen molar-refractivity contribution < 1.29 is 0 Å². The van der Waals surface area contributed by atoms with Crippen LogP contribution >= 0.6 is 35.3 Å². The Kier molecular flexibility index (Phi) is 5.09. The molecule has 0 amide bonds. The number of rotatable bonds is 2. The summed E-state index contributed by atoms with van der Waals surface area (Å²) in [4.78, 5) is 0. The molecule has 0 aliphatic rings. The smallest absolute Gasteiger partial charge is 0.0440 e. The van der Waals surface area contributed by atoms with Crippen molar-refractivity contribution in [2.75, 3.05) is 5.88 Å². The maximum absolute atomic E-state index is 5.61. The molecule has 0 spiro atoms. The Morgan fingerprint density at radius 1 is 1.70 bits per heavy atom. The van der Waals surface area contributed by atoms with Crippen LogP contribution in [0, 0.1) is 0 Å². The second-order valence-corrected chi connectivity index (χ2v) is 2.91. The first-order valence-corrected chi connectivity index (χ1v) is 4.16. The monoisotopic (exact) mass is 197 g/mol. The highest BCUT2D eigenvalue weighted by molar-refractivity contribution is 7.07. The van der Waals surface area contributed by atoms with Gasteiger partial charge in [0, 0.05) is 11.9 Å². The van der Waals surface area contributed by atoms with Crippen molar-refractivity contribution in [1.82, 2.24) is 0 Å². The van der Waals surface area contributed by atoms with Gasteiger partial charge in [-0.15, -0.1) is 24.0 Å². The first kappa shape index (κ1) is 10.2. The zero-order valence-electron chi connectivity index (χ0n) is 5.29. The largest absolute Gasteiger partial charge is 0.323 e. The second-order valence-electron chi connectivity index (χ2n) is 1.82. The van der Waals surface area contributed by atoms with E-state index < -0.39 is 0 Å². The minimum Gasteiger partial charge on any atom is -0.323 e. The van der Waals surface area contributed by atoms with E-state index in [-0.39, 0.29) is 18.4 Å². The lowest BCUT2D eigenvalue weighted by Crippen LogP contribution is -2.09. The Morgan fingerprint density at radius 3 is 2.80 bits per heavy atom. The molecule has 0 aliphatic carbocycles. The number of hydrogen-bond donors (Lipinski definition) is 1. The van der Waals surface area contributed by atoms with Crippen LogP contribution < -0.4 is 5.73 Å². The van der Waals surface area contributed by atoms with Crippen molar-refractivity contribution in [3.63, 3.8) is 0 Å². The van der Waals surface area contributed by atoms with Crippen LogP contribution in [0.4, 0.5) is 0 Å². The standard InChI is InChI=1S/C6H8ClNS.ClH/c7-3-6(8)5-1-2-9-4-5;/h1-2,4,6H,3,8H2;1H. The van der Waals surface area contributed by atoms with E-state index in [2.05, 4.69) is 0 Å². The summed E-state index contributed by atoms with van der Waals surface area (Å²) >= 11 is 7.17. The van der Waals surface area contributed by atoms with Crippen molar-refractivity contribution >= 4 is 35.3 Å². The molecule has 0 bridgehead atoms. The molecule has 1 heterocycles. The van der Waals surface area contributed by atoms with Crippen LogP contribution in [0.1, 0.15) is 11.6 Å². The summed E-state index contributed by atoms with van der Waals surface area (Å²) in [5.74, 6) is 0.497. The van der Waals surface area contributed by atoms with Crippen LogP contribution in [0.15, 0.2) is 16.8 Å². The van der Waals surface area contributed by atoms with Crippen LogP contribution in [0.25, 0.3) is 0 Å². The van der Waals surface area contributed by atoms with Crippen LogP contribution in [-0.2, 0) is 0 Å². The molecule has 10 heavy (non-hydrogen) atoms. The van der Waals surface area contributed by atoms with Gasteiger partial charge in [-0.05, 0) is 22.4 Å². The quantitative estimate of drug-likeness (QED) is 0.725. The zero-order valence-corrected chi connectivity index (χ0v) is 7.68. The van der Waals surface area contributed by atoms with E-state index in [1.807, 2.05) is 16.8 Å². The van der Waals surface area contributed by atoms with Crippen molar-refractivity contribution in [2.24, 2.45) is 5.73 Å². The summed E-state index contributed by atoms with van der Waals surface area (Å²) in [6.07, 6.45) is 0. The molecule has 0 saturated heterocycles. The van der Waals surface area contributed by atoms with E-state index in [1.165, 1.54) is 0 Å². The van der Waals surface area contributed by atoms with Gasteiger partial charge in [-0.25, -0.2) is 0 Å². The first-order chi connectivity index (χ1) is 4.34. The first-order valence-electron chi connectivity index (χ1n) is 2.68. The van der Waals surface area contributed by atoms with E-state index in [4.69, 9.17) is 17.3 Å².